The Morgan fingerprint density at radius 3 is 2.26 bits per heavy atom. The Kier molecular flexibility index (Phi) is 6.56. The Bertz CT molecular complexity index is 988. The molecular formula is C27H31F3N2O2. The van der Waals surface area contributed by atoms with Crippen molar-refractivity contribution in [2.24, 2.45) is 0 Å². The fraction of sp³-hybridized carbons (Fsp3) is 0.519. The minimum absolute atomic E-state index is 0.0505. The molecule has 2 atom stereocenters. The van der Waals surface area contributed by atoms with Crippen LogP contribution in [0.2, 0.25) is 0 Å². The second-order valence-corrected chi connectivity index (χ2v) is 9.87. The van der Waals surface area contributed by atoms with Crippen LogP contribution in [-0.4, -0.2) is 47.0 Å². The molecule has 182 valence electrons. The third-order valence-corrected chi connectivity index (χ3v) is 7.44. The molecule has 2 aromatic rings. The minimum Gasteiger partial charge on any atom is -0.490 e. The van der Waals surface area contributed by atoms with Crippen LogP contribution >= 0.6 is 0 Å². The van der Waals surface area contributed by atoms with Gasteiger partial charge in [0.05, 0.1) is 5.56 Å². The Morgan fingerprint density at radius 2 is 1.62 bits per heavy atom. The maximum Gasteiger partial charge on any atom is 0.416 e. The van der Waals surface area contributed by atoms with E-state index in [0.717, 1.165) is 44.6 Å². The lowest BCUT2D eigenvalue weighted by molar-refractivity contribution is -0.137. The first-order chi connectivity index (χ1) is 16.4. The van der Waals surface area contributed by atoms with Gasteiger partial charge in [-0.1, -0.05) is 24.6 Å². The Balaban J connectivity index is 1.21. The quantitative estimate of drug-likeness (QED) is 0.543. The molecule has 3 saturated heterocycles. The molecule has 0 spiro atoms. The van der Waals surface area contributed by atoms with E-state index in [4.69, 9.17) is 4.74 Å². The highest BCUT2D eigenvalue weighted by Crippen LogP contribution is 2.39. The normalized spacial score (nSPS) is 25.4. The Labute approximate surface area is 198 Å². The molecular weight excluding hydrogens is 441 g/mol. The number of carbonyl (C=O) groups excluding carboxylic acids is 1. The van der Waals surface area contributed by atoms with Gasteiger partial charge in [0.15, 0.2) is 0 Å². The summed E-state index contributed by atoms with van der Waals surface area (Å²) < 4.78 is 45.0. The van der Waals surface area contributed by atoms with E-state index in [1.165, 1.54) is 30.9 Å². The van der Waals surface area contributed by atoms with Crippen LogP contribution in [0.3, 0.4) is 0 Å². The number of alkyl halides is 3. The highest BCUT2D eigenvalue weighted by atomic mass is 19.4. The van der Waals surface area contributed by atoms with Gasteiger partial charge in [0.1, 0.15) is 11.9 Å². The number of hydrogen-bond acceptors (Lipinski definition) is 3. The lowest BCUT2D eigenvalue weighted by Gasteiger charge is -2.39. The first-order valence-electron chi connectivity index (χ1n) is 12.3. The van der Waals surface area contributed by atoms with Crippen molar-refractivity contribution in [1.29, 1.82) is 0 Å². The van der Waals surface area contributed by atoms with Gasteiger partial charge in [-0.3, -0.25) is 9.69 Å². The summed E-state index contributed by atoms with van der Waals surface area (Å²) in [6.07, 6.45) is 2.36. The highest BCUT2D eigenvalue weighted by Gasteiger charge is 2.44. The van der Waals surface area contributed by atoms with Crippen molar-refractivity contribution in [3.8, 4) is 5.75 Å². The Hall–Kier alpha value is -2.54. The topological polar surface area (TPSA) is 32.8 Å². The predicted octanol–water partition coefficient (Wildman–Crippen LogP) is 5.91. The van der Waals surface area contributed by atoms with Crippen LogP contribution in [0.25, 0.3) is 0 Å². The van der Waals surface area contributed by atoms with E-state index in [1.54, 1.807) is 6.07 Å². The number of piperidine rings is 2. The van der Waals surface area contributed by atoms with Gasteiger partial charge in [-0.25, -0.2) is 0 Å². The van der Waals surface area contributed by atoms with E-state index in [0.29, 0.717) is 18.4 Å². The van der Waals surface area contributed by atoms with E-state index < -0.39 is 11.7 Å². The number of rotatable bonds is 5. The third kappa shape index (κ3) is 5.09. The van der Waals surface area contributed by atoms with Crippen molar-refractivity contribution in [1.82, 2.24) is 9.80 Å². The van der Waals surface area contributed by atoms with E-state index in [-0.39, 0.29) is 29.8 Å². The molecule has 3 fully saturated rings. The zero-order chi connectivity index (χ0) is 23.7. The largest absolute Gasteiger partial charge is 0.490 e. The van der Waals surface area contributed by atoms with E-state index in [9.17, 15) is 18.0 Å². The van der Waals surface area contributed by atoms with Gasteiger partial charge in [-0.15, -0.1) is 0 Å². The number of halogens is 3. The van der Waals surface area contributed by atoms with Gasteiger partial charge in [0.2, 0.25) is 0 Å². The number of benzene rings is 2. The number of amides is 1. The molecule has 1 amide bonds. The number of carbonyl (C=O) groups is 1. The zero-order valence-electron chi connectivity index (χ0n) is 19.3. The zero-order valence-corrected chi connectivity index (χ0v) is 19.3. The number of nitrogens with zero attached hydrogens (tertiary/aromatic N) is 2. The maximum atomic E-state index is 13.3. The molecule has 4 nitrogen and oxygen atoms in total. The van der Waals surface area contributed by atoms with Crippen LogP contribution in [0, 0.1) is 0 Å². The molecule has 2 bridgehead atoms. The van der Waals surface area contributed by atoms with Gasteiger partial charge in [-0.05, 0) is 74.7 Å². The second-order valence-electron chi connectivity index (χ2n) is 9.87. The molecule has 0 aromatic heterocycles. The Morgan fingerprint density at radius 1 is 0.941 bits per heavy atom. The van der Waals surface area contributed by atoms with E-state index >= 15 is 0 Å². The number of hydrogen-bond donors (Lipinski definition) is 0. The fourth-order valence-electron chi connectivity index (χ4n) is 5.77. The van der Waals surface area contributed by atoms with Gasteiger partial charge < -0.3 is 9.64 Å². The first-order valence-corrected chi connectivity index (χ1v) is 12.3. The van der Waals surface area contributed by atoms with Gasteiger partial charge in [0.25, 0.3) is 5.91 Å². The molecule has 34 heavy (non-hydrogen) atoms. The molecule has 0 saturated carbocycles. The SMILES string of the molecule is O=C(c1ccc(CN2CCCCC2)cc1)N1C2CCC1CC(Oc1cccc(C(F)(F)F)c1)C2. The summed E-state index contributed by atoms with van der Waals surface area (Å²) in [5.41, 5.74) is 1.23. The van der Waals surface area contributed by atoms with Crippen LogP contribution in [0.4, 0.5) is 13.2 Å². The van der Waals surface area contributed by atoms with Gasteiger partial charge >= 0.3 is 6.18 Å². The molecule has 3 aliphatic rings. The van der Waals surface area contributed by atoms with E-state index in [2.05, 4.69) is 17.0 Å². The summed E-state index contributed by atoms with van der Waals surface area (Å²) in [6, 6.07) is 13.2. The summed E-state index contributed by atoms with van der Waals surface area (Å²) in [4.78, 5) is 17.8. The van der Waals surface area contributed by atoms with Crippen molar-refractivity contribution < 1.29 is 22.7 Å². The lowest BCUT2D eigenvalue weighted by atomic mass is 9.98. The van der Waals surface area contributed by atoms with Crippen molar-refractivity contribution in [3.63, 3.8) is 0 Å². The molecule has 0 aliphatic carbocycles. The van der Waals surface area contributed by atoms with Crippen molar-refractivity contribution >= 4 is 5.91 Å². The highest BCUT2D eigenvalue weighted by molar-refractivity contribution is 5.95. The van der Waals surface area contributed by atoms with Crippen molar-refractivity contribution in [3.05, 3.63) is 65.2 Å². The van der Waals surface area contributed by atoms with Gasteiger partial charge in [-0.2, -0.15) is 13.2 Å². The number of likely N-dealkylation sites (tertiary alicyclic amines) is 1. The summed E-state index contributed by atoms with van der Waals surface area (Å²) in [5, 5.41) is 0. The summed E-state index contributed by atoms with van der Waals surface area (Å²) >= 11 is 0. The summed E-state index contributed by atoms with van der Waals surface area (Å²) in [5.74, 6) is 0.290. The minimum atomic E-state index is -4.39. The first kappa shape index (κ1) is 23.2. The molecule has 0 N–H and O–H groups in total. The van der Waals surface area contributed by atoms with Crippen molar-refractivity contribution in [2.45, 2.75) is 75.9 Å². The monoisotopic (exact) mass is 472 g/mol. The van der Waals surface area contributed by atoms with E-state index in [1.807, 2.05) is 17.0 Å². The summed E-state index contributed by atoms with van der Waals surface area (Å²) in [6.45, 7) is 3.21. The van der Waals surface area contributed by atoms with Crippen molar-refractivity contribution in [2.75, 3.05) is 13.1 Å². The number of ether oxygens (including phenoxy) is 1. The molecule has 3 heterocycles. The average Bonchev–Trinajstić information content (AvgIpc) is 3.09. The predicted molar refractivity (Wildman–Crippen MR) is 124 cm³/mol. The van der Waals surface area contributed by atoms with Crippen LogP contribution in [0.5, 0.6) is 5.75 Å². The molecule has 2 aromatic carbocycles. The third-order valence-electron chi connectivity index (χ3n) is 7.44. The van der Waals surface area contributed by atoms with Crippen LogP contribution in [0.1, 0.15) is 66.4 Å². The second kappa shape index (κ2) is 9.61. The van der Waals surface area contributed by atoms with Gasteiger partial charge in [0, 0.05) is 37.0 Å². The molecule has 3 aliphatic heterocycles. The lowest BCUT2D eigenvalue weighted by Crippen LogP contribution is -2.49. The fourth-order valence-corrected chi connectivity index (χ4v) is 5.77. The van der Waals surface area contributed by atoms with Crippen LogP contribution in [0.15, 0.2) is 48.5 Å². The molecule has 7 heteroatoms. The standard InChI is InChI=1S/C27H31F3N2O2/c28-27(29,30)21-5-4-6-24(15-21)34-25-16-22-11-12-23(17-25)32(22)26(33)20-9-7-19(8-10-20)18-31-13-2-1-3-14-31/h4-10,15,22-23,25H,1-3,11-14,16-18H2. The smallest absolute Gasteiger partial charge is 0.416 e. The van der Waals surface area contributed by atoms with Crippen LogP contribution < -0.4 is 4.74 Å². The number of fused-ring (bicyclic) bond motifs is 2. The molecule has 5 rings (SSSR count). The molecule has 2 unspecified atom stereocenters. The molecule has 0 radical (unpaired) electrons. The average molecular weight is 473 g/mol. The summed E-state index contributed by atoms with van der Waals surface area (Å²) in [7, 11) is 0. The van der Waals surface area contributed by atoms with Crippen LogP contribution in [-0.2, 0) is 12.7 Å². The maximum absolute atomic E-state index is 13.3.